The quantitative estimate of drug-likeness (QED) is 0.783. The van der Waals surface area contributed by atoms with E-state index in [-0.39, 0.29) is 5.91 Å². The second kappa shape index (κ2) is 6.70. The van der Waals surface area contributed by atoms with E-state index in [2.05, 4.69) is 20.0 Å². The Bertz CT molecular complexity index is 848. The first kappa shape index (κ1) is 16.0. The molecule has 6 nitrogen and oxygen atoms in total. The summed E-state index contributed by atoms with van der Waals surface area (Å²) in [6.45, 7) is 5.10. The summed E-state index contributed by atoms with van der Waals surface area (Å²) in [4.78, 5) is 16.9. The Morgan fingerprint density at radius 1 is 1.29 bits per heavy atom. The Balaban J connectivity index is 1.74. The summed E-state index contributed by atoms with van der Waals surface area (Å²) in [6, 6.07) is 7.78. The van der Waals surface area contributed by atoms with Crippen LogP contribution in [0.1, 0.15) is 33.0 Å². The number of aryl methyl sites for hydroxylation is 2. The average molecular weight is 323 g/mol. The molecule has 3 aromatic rings. The number of pyridine rings is 1. The van der Waals surface area contributed by atoms with E-state index in [4.69, 9.17) is 0 Å². The molecular weight excluding hydrogens is 302 g/mol. The maximum absolute atomic E-state index is 12.5. The number of rotatable bonds is 5. The molecule has 1 amide bonds. The number of nitrogens with zero attached hydrogens (tertiary/aromatic N) is 4. The van der Waals surface area contributed by atoms with E-state index in [0.29, 0.717) is 18.7 Å². The fourth-order valence-corrected chi connectivity index (χ4v) is 2.77. The van der Waals surface area contributed by atoms with Gasteiger partial charge in [0.15, 0.2) is 0 Å². The van der Waals surface area contributed by atoms with Crippen LogP contribution in [0.25, 0.3) is 0 Å². The van der Waals surface area contributed by atoms with E-state index in [1.54, 1.807) is 17.1 Å². The highest BCUT2D eigenvalue weighted by Crippen LogP contribution is 2.16. The van der Waals surface area contributed by atoms with Gasteiger partial charge in [0.1, 0.15) is 0 Å². The highest BCUT2D eigenvalue weighted by Gasteiger charge is 2.16. The molecule has 0 saturated carbocycles. The molecule has 0 aromatic carbocycles. The van der Waals surface area contributed by atoms with Crippen molar-refractivity contribution in [2.75, 3.05) is 0 Å². The SMILES string of the molecule is Cc1cc(C(=O)NCc2cnn(C)c2)c(C)n1Cc1ccccn1. The number of aromatic nitrogens is 4. The van der Waals surface area contributed by atoms with E-state index < -0.39 is 0 Å². The van der Waals surface area contributed by atoms with Crippen LogP contribution in [0.5, 0.6) is 0 Å². The van der Waals surface area contributed by atoms with Gasteiger partial charge in [-0.25, -0.2) is 0 Å². The maximum Gasteiger partial charge on any atom is 0.253 e. The topological polar surface area (TPSA) is 64.7 Å². The first-order valence-electron chi connectivity index (χ1n) is 7.87. The lowest BCUT2D eigenvalue weighted by molar-refractivity contribution is 0.0950. The van der Waals surface area contributed by atoms with Crippen molar-refractivity contribution in [3.8, 4) is 0 Å². The summed E-state index contributed by atoms with van der Waals surface area (Å²) >= 11 is 0. The Morgan fingerprint density at radius 3 is 2.79 bits per heavy atom. The van der Waals surface area contributed by atoms with Crippen LogP contribution in [0.2, 0.25) is 0 Å². The standard InChI is InChI=1S/C18H21N5O/c1-13-8-17(18(24)20-9-15-10-21-22(3)11-15)14(2)23(13)12-16-6-4-5-7-19-16/h4-8,10-11H,9,12H2,1-3H3,(H,20,24). The van der Waals surface area contributed by atoms with Crippen LogP contribution in [-0.2, 0) is 20.1 Å². The Hall–Kier alpha value is -2.89. The molecular formula is C18H21N5O. The third-order valence-corrected chi connectivity index (χ3v) is 4.08. The molecule has 1 N–H and O–H groups in total. The second-order valence-corrected chi connectivity index (χ2v) is 5.90. The smallest absolute Gasteiger partial charge is 0.253 e. The van der Waals surface area contributed by atoms with Gasteiger partial charge in [-0.2, -0.15) is 5.10 Å². The summed E-state index contributed by atoms with van der Waals surface area (Å²) in [5, 5.41) is 7.06. The molecule has 24 heavy (non-hydrogen) atoms. The summed E-state index contributed by atoms with van der Waals surface area (Å²) in [6.07, 6.45) is 5.43. The fourth-order valence-electron chi connectivity index (χ4n) is 2.77. The van der Waals surface area contributed by atoms with Gasteiger partial charge in [0.2, 0.25) is 0 Å². The van der Waals surface area contributed by atoms with Crippen LogP contribution in [0.3, 0.4) is 0 Å². The maximum atomic E-state index is 12.5. The highest BCUT2D eigenvalue weighted by atomic mass is 16.1. The van der Waals surface area contributed by atoms with E-state index >= 15 is 0 Å². The predicted molar refractivity (Wildman–Crippen MR) is 91.6 cm³/mol. The van der Waals surface area contributed by atoms with Crippen LogP contribution in [0.4, 0.5) is 0 Å². The van der Waals surface area contributed by atoms with Gasteiger partial charge in [0, 0.05) is 42.9 Å². The molecule has 3 rings (SSSR count). The fraction of sp³-hybridized carbons (Fsp3) is 0.278. The summed E-state index contributed by atoms with van der Waals surface area (Å²) in [7, 11) is 1.86. The van der Waals surface area contributed by atoms with Crippen molar-refractivity contribution in [3.05, 3.63) is 71.1 Å². The molecule has 0 saturated heterocycles. The van der Waals surface area contributed by atoms with E-state index in [1.165, 1.54) is 0 Å². The zero-order valence-electron chi connectivity index (χ0n) is 14.2. The number of carbonyl (C=O) groups is 1. The molecule has 124 valence electrons. The summed E-state index contributed by atoms with van der Waals surface area (Å²) in [5.74, 6) is -0.0702. The van der Waals surface area contributed by atoms with E-state index in [1.807, 2.05) is 51.4 Å². The van der Waals surface area contributed by atoms with Crippen LogP contribution >= 0.6 is 0 Å². The number of hydrogen-bond donors (Lipinski definition) is 1. The van der Waals surface area contributed by atoms with Gasteiger partial charge in [0.25, 0.3) is 5.91 Å². The van der Waals surface area contributed by atoms with Gasteiger partial charge >= 0.3 is 0 Å². The normalized spacial score (nSPS) is 10.8. The summed E-state index contributed by atoms with van der Waals surface area (Å²) < 4.78 is 3.83. The predicted octanol–water partition coefficient (Wildman–Crippen LogP) is 2.21. The number of nitrogens with one attached hydrogen (secondary N) is 1. The third-order valence-electron chi connectivity index (χ3n) is 4.08. The van der Waals surface area contributed by atoms with Crippen molar-refractivity contribution < 1.29 is 4.79 Å². The van der Waals surface area contributed by atoms with Crippen molar-refractivity contribution in [3.63, 3.8) is 0 Å². The van der Waals surface area contributed by atoms with Crippen LogP contribution < -0.4 is 5.32 Å². The molecule has 0 bridgehead atoms. The minimum absolute atomic E-state index is 0.0702. The van der Waals surface area contributed by atoms with Gasteiger partial charge in [-0.1, -0.05) is 6.07 Å². The molecule has 0 fully saturated rings. The van der Waals surface area contributed by atoms with Crippen molar-refractivity contribution in [2.24, 2.45) is 7.05 Å². The lowest BCUT2D eigenvalue weighted by Crippen LogP contribution is -2.23. The monoisotopic (exact) mass is 323 g/mol. The Morgan fingerprint density at radius 2 is 2.12 bits per heavy atom. The zero-order chi connectivity index (χ0) is 17.1. The number of carbonyl (C=O) groups excluding carboxylic acids is 1. The van der Waals surface area contributed by atoms with Gasteiger partial charge < -0.3 is 9.88 Å². The zero-order valence-corrected chi connectivity index (χ0v) is 14.2. The lowest BCUT2D eigenvalue weighted by atomic mass is 10.2. The average Bonchev–Trinajstić information content (AvgIpc) is 3.12. The van der Waals surface area contributed by atoms with Crippen LogP contribution in [-0.4, -0.2) is 25.2 Å². The third kappa shape index (κ3) is 3.37. The van der Waals surface area contributed by atoms with Gasteiger partial charge in [-0.05, 0) is 32.0 Å². The van der Waals surface area contributed by atoms with E-state index in [9.17, 15) is 4.79 Å². The van der Waals surface area contributed by atoms with Crippen molar-refractivity contribution in [1.82, 2.24) is 24.6 Å². The van der Waals surface area contributed by atoms with Crippen molar-refractivity contribution >= 4 is 5.91 Å². The van der Waals surface area contributed by atoms with Gasteiger partial charge in [-0.3, -0.25) is 14.5 Å². The molecule has 0 aliphatic rings. The first-order chi connectivity index (χ1) is 11.5. The highest BCUT2D eigenvalue weighted by molar-refractivity contribution is 5.95. The van der Waals surface area contributed by atoms with Crippen molar-refractivity contribution in [2.45, 2.75) is 26.9 Å². The molecule has 0 atom stereocenters. The molecule has 0 aliphatic heterocycles. The summed E-state index contributed by atoms with van der Waals surface area (Å²) in [5.41, 5.74) is 4.65. The Kier molecular flexibility index (Phi) is 4.46. The Labute approximate surface area is 141 Å². The van der Waals surface area contributed by atoms with Gasteiger partial charge in [-0.15, -0.1) is 0 Å². The van der Waals surface area contributed by atoms with Gasteiger partial charge in [0.05, 0.1) is 24.0 Å². The molecule has 3 heterocycles. The number of hydrogen-bond acceptors (Lipinski definition) is 3. The van der Waals surface area contributed by atoms with Crippen LogP contribution in [0, 0.1) is 13.8 Å². The molecule has 0 radical (unpaired) electrons. The largest absolute Gasteiger partial charge is 0.348 e. The minimum Gasteiger partial charge on any atom is -0.348 e. The molecule has 6 heteroatoms. The molecule has 0 spiro atoms. The molecule has 3 aromatic heterocycles. The lowest BCUT2D eigenvalue weighted by Gasteiger charge is -2.09. The van der Waals surface area contributed by atoms with Crippen molar-refractivity contribution in [1.29, 1.82) is 0 Å². The van der Waals surface area contributed by atoms with Crippen LogP contribution in [0.15, 0.2) is 42.9 Å². The van der Waals surface area contributed by atoms with E-state index in [0.717, 1.165) is 22.6 Å². The molecule has 0 aliphatic carbocycles. The number of amides is 1. The molecule has 0 unspecified atom stereocenters. The second-order valence-electron chi connectivity index (χ2n) is 5.90. The minimum atomic E-state index is -0.0702. The first-order valence-corrected chi connectivity index (χ1v) is 7.87.